The molecule has 0 bridgehead atoms. The molecule has 0 amide bonds. The minimum Gasteiger partial charge on any atom is -0.328 e. The van der Waals surface area contributed by atoms with Gasteiger partial charge in [0.05, 0.1) is 21.6 Å². The highest BCUT2D eigenvalue weighted by Gasteiger charge is 2.26. The van der Waals surface area contributed by atoms with Crippen molar-refractivity contribution in [2.75, 3.05) is 0 Å². The maximum Gasteiger partial charge on any atom is 0.129 e. The van der Waals surface area contributed by atoms with Crippen LogP contribution in [0, 0.1) is 0 Å². The Morgan fingerprint density at radius 2 is 2.18 bits per heavy atom. The van der Waals surface area contributed by atoms with Crippen molar-refractivity contribution in [2.45, 2.75) is 32.2 Å². The molecule has 1 aromatic heterocycles. The smallest absolute Gasteiger partial charge is 0.129 e. The summed E-state index contributed by atoms with van der Waals surface area (Å²) in [6, 6.07) is 5.75. The molecule has 3 nitrogen and oxygen atoms in total. The van der Waals surface area contributed by atoms with Gasteiger partial charge >= 0.3 is 0 Å². The van der Waals surface area contributed by atoms with Crippen LogP contribution in [0.25, 0.3) is 11.0 Å². The highest BCUT2D eigenvalue weighted by molar-refractivity contribution is 6.35. The van der Waals surface area contributed by atoms with Crippen LogP contribution < -0.4 is 5.73 Å². The molecule has 2 aromatic rings. The fraction of sp³-hybridized carbons (Fsp3) is 0.462. The van der Waals surface area contributed by atoms with Crippen LogP contribution in [0.4, 0.5) is 0 Å². The number of nitrogens with two attached hydrogens (primary N) is 1. The molecule has 0 aliphatic rings. The first-order chi connectivity index (χ1) is 7.97. The van der Waals surface area contributed by atoms with E-state index in [9.17, 15) is 0 Å². The van der Waals surface area contributed by atoms with Gasteiger partial charge in [0.15, 0.2) is 0 Å². The number of imidazole rings is 1. The molecule has 0 aliphatic heterocycles. The zero-order valence-corrected chi connectivity index (χ0v) is 11.3. The van der Waals surface area contributed by atoms with Gasteiger partial charge in [-0.2, -0.15) is 0 Å². The predicted molar refractivity (Wildman–Crippen MR) is 72.2 cm³/mol. The number of fused-ring (bicyclic) bond motifs is 1. The molecule has 0 aliphatic carbocycles. The van der Waals surface area contributed by atoms with Crippen molar-refractivity contribution < 1.29 is 0 Å². The molecule has 0 saturated heterocycles. The molecule has 1 aromatic carbocycles. The Morgan fingerprint density at radius 3 is 2.76 bits per heavy atom. The maximum absolute atomic E-state index is 6.34. The number of nitrogens with zero attached hydrogens (tertiary/aromatic N) is 2. The van der Waals surface area contributed by atoms with Gasteiger partial charge in [0, 0.05) is 7.05 Å². The first-order valence-electron chi connectivity index (χ1n) is 5.87. The molecule has 0 radical (unpaired) electrons. The summed E-state index contributed by atoms with van der Waals surface area (Å²) < 4.78 is 2.01. The van der Waals surface area contributed by atoms with E-state index in [2.05, 4.69) is 11.9 Å². The van der Waals surface area contributed by atoms with Crippen LogP contribution >= 0.6 is 11.6 Å². The van der Waals surface area contributed by atoms with Crippen LogP contribution in [0.2, 0.25) is 5.02 Å². The van der Waals surface area contributed by atoms with Crippen molar-refractivity contribution in [3.8, 4) is 0 Å². The molecule has 4 heteroatoms. The second-order valence-corrected chi connectivity index (χ2v) is 5.18. The Balaban J connectivity index is 2.64. The largest absolute Gasteiger partial charge is 0.328 e. The Bertz CT molecular complexity index is 543. The molecule has 1 unspecified atom stereocenters. The van der Waals surface area contributed by atoms with E-state index in [0.29, 0.717) is 0 Å². The summed E-state index contributed by atoms with van der Waals surface area (Å²) in [5.74, 6) is 0.891. The Hall–Kier alpha value is -1.06. The van der Waals surface area contributed by atoms with E-state index in [1.54, 1.807) is 0 Å². The van der Waals surface area contributed by atoms with Gasteiger partial charge in [0.25, 0.3) is 0 Å². The van der Waals surface area contributed by atoms with E-state index in [0.717, 1.165) is 34.7 Å². The standard InChI is InChI=1S/C13H18ClN3/c1-4-8-13(2,15)12-16-10-7-5-6-9(14)11(10)17(12)3/h5-7H,4,8,15H2,1-3H3. The summed E-state index contributed by atoms with van der Waals surface area (Å²) >= 11 is 6.20. The summed E-state index contributed by atoms with van der Waals surface area (Å²) in [4.78, 5) is 4.62. The molecular formula is C13H18ClN3. The van der Waals surface area contributed by atoms with Crippen molar-refractivity contribution >= 4 is 22.6 Å². The third kappa shape index (κ3) is 2.05. The number of hydrogen-bond acceptors (Lipinski definition) is 2. The van der Waals surface area contributed by atoms with Crippen LogP contribution in [0.5, 0.6) is 0 Å². The van der Waals surface area contributed by atoms with E-state index in [-0.39, 0.29) is 0 Å². The zero-order chi connectivity index (χ0) is 12.6. The van der Waals surface area contributed by atoms with Gasteiger partial charge in [-0.25, -0.2) is 4.98 Å². The molecule has 17 heavy (non-hydrogen) atoms. The fourth-order valence-electron chi connectivity index (χ4n) is 2.36. The Morgan fingerprint density at radius 1 is 1.47 bits per heavy atom. The second-order valence-electron chi connectivity index (χ2n) is 4.77. The van der Waals surface area contributed by atoms with Crippen LogP contribution in [0.15, 0.2) is 18.2 Å². The van der Waals surface area contributed by atoms with Crippen molar-refractivity contribution in [2.24, 2.45) is 12.8 Å². The number of halogens is 1. The SMILES string of the molecule is CCCC(C)(N)c1nc2cccc(Cl)c2n1C. The molecule has 1 atom stereocenters. The summed E-state index contributed by atoms with van der Waals surface area (Å²) in [6.45, 7) is 4.15. The number of aryl methyl sites for hydroxylation is 1. The lowest BCUT2D eigenvalue weighted by Gasteiger charge is -2.23. The molecular weight excluding hydrogens is 234 g/mol. The van der Waals surface area contributed by atoms with Crippen LogP contribution in [0.1, 0.15) is 32.5 Å². The zero-order valence-electron chi connectivity index (χ0n) is 10.5. The first-order valence-corrected chi connectivity index (χ1v) is 6.25. The van der Waals surface area contributed by atoms with Gasteiger partial charge in [-0.05, 0) is 25.5 Å². The molecule has 0 fully saturated rings. The molecule has 1 heterocycles. The van der Waals surface area contributed by atoms with Gasteiger partial charge in [0.1, 0.15) is 5.82 Å². The molecule has 0 spiro atoms. The van der Waals surface area contributed by atoms with Crippen molar-refractivity contribution in [1.82, 2.24) is 9.55 Å². The average molecular weight is 252 g/mol. The van der Waals surface area contributed by atoms with Gasteiger partial charge in [-0.15, -0.1) is 0 Å². The summed E-state index contributed by atoms with van der Waals surface area (Å²) in [5.41, 5.74) is 7.79. The highest BCUT2D eigenvalue weighted by Crippen LogP contribution is 2.29. The predicted octanol–water partition coefficient (Wildman–Crippen LogP) is 3.20. The van der Waals surface area contributed by atoms with E-state index in [1.807, 2.05) is 36.7 Å². The first kappa shape index (κ1) is 12.4. The minimum absolute atomic E-state index is 0.411. The number of aromatic nitrogens is 2. The Kier molecular flexibility index (Phi) is 3.15. The lowest BCUT2D eigenvalue weighted by atomic mass is 9.97. The number of para-hydroxylation sites is 1. The number of benzene rings is 1. The topological polar surface area (TPSA) is 43.8 Å². The van der Waals surface area contributed by atoms with Gasteiger partial charge < -0.3 is 10.3 Å². The monoisotopic (exact) mass is 251 g/mol. The molecule has 0 saturated carbocycles. The lowest BCUT2D eigenvalue weighted by Crippen LogP contribution is -2.35. The van der Waals surface area contributed by atoms with Crippen molar-refractivity contribution in [3.05, 3.63) is 29.0 Å². The summed E-state index contributed by atoms with van der Waals surface area (Å²) in [5, 5.41) is 0.719. The van der Waals surface area contributed by atoms with Gasteiger partial charge in [-0.1, -0.05) is 31.0 Å². The minimum atomic E-state index is -0.411. The third-order valence-electron chi connectivity index (χ3n) is 3.13. The van der Waals surface area contributed by atoms with Crippen LogP contribution in [0.3, 0.4) is 0 Å². The number of rotatable bonds is 3. The normalized spacial score (nSPS) is 15.1. The second kappa shape index (κ2) is 4.31. The molecule has 2 N–H and O–H groups in total. The van der Waals surface area contributed by atoms with Crippen molar-refractivity contribution in [1.29, 1.82) is 0 Å². The van der Waals surface area contributed by atoms with Gasteiger partial charge in [-0.3, -0.25) is 0 Å². The average Bonchev–Trinajstić information content (AvgIpc) is 2.58. The Labute approximate surface area is 107 Å². The van der Waals surface area contributed by atoms with Crippen LogP contribution in [-0.4, -0.2) is 9.55 Å². The highest BCUT2D eigenvalue weighted by atomic mass is 35.5. The van der Waals surface area contributed by atoms with Crippen molar-refractivity contribution in [3.63, 3.8) is 0 Å². The van der Waals surface area contributed by atoms with E-state index < -0.39 is 5.54 Å². The number of hydrogen-bond donors (Lipinski definition) is 1. The summed E-state index contributed by atoms with van der Waals surface area (Å²) in [6.07, 6.45) is 1.94. The molecule has 92 valence electrons. The fourth-order valence-corrected chi connectivity index (χ4v) is 2.66. The van der Waals surface area contributed by atoms with Crippen LogP contribution in [-0.2, 0) is 12.6 Å². The van der Waals surface area contributed by atoms with E-state index >= 15 is 0 Å². The molecule has 2 rings (SSSR count). The maximum atomic E-state index is 6.34. The van der Waals surface area contributed by atoms with E-state index in [4.69, 9.17) is 17.3 Å². The van der Waals surface area contributed by atoms with E-state index in [1.165, 1.54) is 0 Å². The quantitative estimate of drug-likeness (QED) is 0.911. The third-order valence-corrected chi connectivity index (χ3v) is 3.43. The lowest BCUT2D eigenvalue weighted by molar-refractivity contribution is 0.410. The summed E-state index contributed by atoms with van der Waals surface area (Å²) in [7, 11) is 1.97. The van der Waals surface area contributed by atoms with Gasteiger partial charge in [0.2, 0.25) is 0 Å².